The van der Waals surface area contributed by atoms with Gasteiger partial charge in [-0.05, 0) is 60.9 Å². The van der Waals surface area contributed by atoms with E-state index in [2.05, 4.69) is 24.8 Å². The average molecular weight is 245 g/mol. The molecule has 2 nitrogen and oxygen atoms in total. The molecule has 1 saturated heterocycles. The van der Waals surface area contributed by atoms with E-state index >= 15 is 0 Å². The fourth-order valence-corrected chi connectivity index (χ4v) is 3.70. The molecule has 1 fully saturated rings. The summed E-state index contributed by atoms with van der Waals surface area (Å²) in [6, 6.07) is 6.50. The zero-order valence-corrected chi connectivity index (χ0v) is 11.4. The van der Waals surface area contributed by atoms with Crippen molar-refractivity contribution in [1.29, 1.82) is 0 Å². The molecule has 1 aliphatic heterocycles. The number of likely N-dealkylation sites (tertiary alicyclic amines) is 1. The van der Waals surface area contributed by atoms with Gasteiger partial charge in [0, 0.05) is 12.6 Å². The number of benzene rings is 1. The monoisotopic (exact) mass is 245 g/mol. The third-order valence-corrected chi connectivity index (χ3v) is 4.54. The maximum absolute atomic E-state index is 9.56. The Hall–Kier alpha value is -1.02. The minimum absolute atomic E-state index is 0.411. The van der Waals surface area contributed by atoms with Crippen LogP contribution in [0.5, 0.6) is 5.75 Å². The molecule has 0 radical (unpaired) electrons. The van der Waals surface area contributed by atoms with Crippen LogP contribution in [0.25, 0.3) is 0 Å². The Morgan fingerprint density at radius 3 is 2.94 bits per heavy atom. The summed E-state index contributed by atoms with van der Waals surface area (Å²) in [5.41, 5.74) is 3.26. The molecule has 0 spiro atoms. The zero-order chi connectivity index (χ0) is 12.8. The lowest BCUT2D eigenvalue weighted by Crippen LogP contribution is -2.41. The third kappa shape index (κ3) is 2.14. The molecule has 18 heavy (non-hydrogen) atoms. The van der Waals surface area contributed by atoms with Crippen molar-refractivity contribution < 1.29 is 5.11 Å². The number of fused-ring (bicyclic) bond motifs is 1. The largest absolute Gasteiger partial charge is 0.508 e. The molecule has 1 heterocycles. The predicted molar refractivity (Wildman–Crippen MR) is 73.8 cm³/mol. The van der Waals surface area contributed by atoms with Crippen molar-refractivity contribution >= 4 is 0 Å². The van der Waals surface area contributed by atoms with E-state index in [0.717, 1.165) is 6.42 Å². The summed E-state index contributed by atoms with van der Waals surface area (Å²) in [5, 5.41) is 9.56. The van der Waals surface area contributed by atoms with E-state index in [1.807, 2.05) is 12.1 Å². The number of piperidine rings is 1. The van der Waals surface area contributed by atoms with Gasteiger partial charge in [0.15, 0.2) is 0 Å². The fourth-order valence-electron chi connectivity index (χ4n) is 3.70. The number of aromatic hydroxyl groups is 1. The number of rotatable bonds is 1. The van der Waals surface area contributed by atoms with Crippen LogP contribution in [0.15, 0.2) is 18.2 Å². The lowest BCUT2D eigenvalue weighted by molar-refractivity contribution is 0.0781. The average Bonchev–Trinajstić information content (AvgIpc) is 2.70. The van der Waals surface area contributed by atoms with Gasteiger partial charge in [0.05, 0.1) is 0 Å². The van der Waals surface area contributed by atoms with Crippen molar-refractivity contribution in [3.8, 4) is 5.75 Å². The van der Waals surface area contributed by atoms with Crippen molar-refractivity contribution in [2.24, 2.45) is 5.41 Å². The van der Waals surface area contributed by atoms with Crippen LogP contribution >= 0.6 is 0 Å². The van der Waals surface area contributed by atoms with E-state index in [1.54, 1.807) is 0 Å². The highest BCUT2D eigenvalue weighted by Gasteiger charge is 2.34. The Balaban J connectivity index is 1.83. The Bertz CT molecular complexity index is 452. The van der Waals surface area contributed by atoms with Gasteiger partial charge in [-0.1, -0.05) is 19.9 Å². The van der Waals surface area contributed by atoms with Crippen molar-refractivity contribution in [2.75, 3.05) is 13.1 Å². The number of phenols is 1. The summed E-state index contributed by atoms with van der Waals surface area (Å²) in [6.45, 7) is 7.20. The first-order chi connectivity index (χ1) is 8.55. The highest BCUT2D eigenvalue weighted by atomic mass is 16.3. The molecule has 1 N–H and O–H groups in total. The molecule has 3 rings (SSSR count). The van der Waals surface area contributed by atoms with Crippen LogP contribution in [0.2, 0.25) is 0 Å². The summed E-state index contributed by atoms with van der Waals surface area (Å²) in [4.78, 5) is 2.66. The van der Waals surface area contributed by atoms with Crippen LogP contribution < -0.4 is 0 Å². The topological polar surface area (TPSA) is 23.5 Å². The number of phenolic OH excluding ortho intramolecular Hbond substituents is 1. The summed E-state index contributed by atoms with van der Waals surface area (Å²) >= 11 is 0. The van der Waals surface area contributed by atoms with Gasteiger partial charge in [-0.2, -0.15) is 0 Å². The van der Waals surface area contributed by atoms with Crippen molar-refractivity contribution in [3.63, 3.8) is 0 Å². The highest BCUT2D eigenvalue weighted by molar-refractivity contribution is 5.40. The van der Waals surface area contributed by atoms with Crippen LogP contribution in [0.4, 0.5) is 0 Å². The number of aryl methyl sites for hydroxylation is 1. The Morgan fingerprint density at radius 2 is 2.17 bits per heavy atom. The van der Waals surface area contributed by atoms with Gasteiger partial charge in [-0.3, -0.25) is 4.90 Å². The minimum Gasteiger partial charge on any atom is -0.508 e. The van der Waals surface area contributed by atoms with E-state index in [0.29, 0.717) is 17.2 Å². The van der Waals surface area contributed by atoms with Crippen LogP contribution in [-0.4, -0.2) is 23.1 Å². The van der Waals surface area contributed by atoms with Gasteiger partial charge in [0.25, 0.3) is 0 Å². The summed E-state index contributed by atoms with van der Waals surface area (Å²) < 4.78 is 0. The lowest BCUT2D eigenvalue weighted by Gasteiger charge is -2.41. The summed E-state index contributed by atoms with van der Waals surface area (Å²) in [7, 11) is 0. The van der Waals surface area contributed by atoms with Crippen LogP contribution in [0.1, 0.15) is 50.3 Å². The van der Waals surface area contributed by atoms with Crippen LogP contribution in [-0.2, 0) is 6.42 Å². The molecule has 0 saturated carbocycles. The normalized spacial score (nSPS) is 27.1. The van der Waals surface area contributed by atoms with E-state index in [9.17, 15) is 5.11 Å². The molecule has 0 amide bonds. The molecule has 1 unspecified atom stereocenters. The molecule has 1 aromatic rings. The first-order valence-corrected chi connectivity index (χ1v) is 7.11. The van der Waals surface area contributed by atoms with Crippen LogP contribution in [0, 0.1) is 5.41 Å². The van der Waals surface area contributed by atoms with E-state index in [1.165, 1.54) is 43.5 Å². The number of hydrogen-bond donors (Lipinski definition) is 1. The number of nitrogens with zero attached hydrogens (tertiary/aromatic N) is 1. The van der Waals surface area contributed by atoms with Crippen molar-refractivity contribution in [1.82, 2.24) is 4.90 Å². The lowest BCUT2D eigenvalue weighted by atomic mass is 9.83. The molecule has 2 heteroatoms. The second kappa shape index (κ2) is 4.27. The van der Waals surface area contributed by atoms with Gasteiger partial charge in [0.1, 0.15) is 5.75 Å². The van der Waals surface area contributed by atoms with Crippen LogP contribution in [0.3, 0.4) is 0 Å². The standard InChI is InChI=1S/C16H23NO/c1-16(2)8-3-9-17(11-16)15-7-4-12-10-13(18)5-6-14(12)15/h5-6,10,15,18H,3-4,7-9,11H2,1-2H3. The van der Waals surface area contributed by atoms with E-state index in [-0.39, 0.29) is 0 Å². The second-order valence-electron chi connectivity index (χ2n) is 6.68. The molecular weight excluding hydrogens is 222 g/mol. The van der Waals surface area contributed by atoms with Gasteiger partial charge in [-0.15, -0.1) is 0 Å². The first-order valence-electron chi connectivity index (χ1n) is 7.11. The van der Waals surface area contributed by atoms with Crippen molar-refractivity contribution in [2.45, 2.75) is 45.6 Å². The predicted octanol–water partition coefficient (Wildman–Crippen LogP) is 3.50. The molecule has 1 aliphatic carbocycles. The van der Waals surface area contributed by atoms with E-state index in [4.69, 9.17) is 0 Å². The molecule has 2 aliphatic rings. The summed E-state index contributed by atoms with van der Waals surface area (Å²) in [6.07, 6.45) is 5.00. The Morgan fingerprint density at radius 1 is 1.33 bits per heavy atom. The smallest absolute Gasteiger partial charge is 0.115 e. The Kier molecular flexibility index (Phi) is 2.86. The van der Waals surface area contributed by atoms with Gasteiger partial charge < -0.3 is 5.11 Å². The zero-order valence-electron chi connectivity index (χ0n) is 11.4. The second-order valence-corrected chi connectivity index (χ2v) is 6.68. The molecule has 0 bridgehead atoms. The molecule has 1 atom stereocenters. The number of hydrogen-bond acceptors (Lipinski definition) is 2. The first kappa shape index (κ1) is 12.0. The molecule has 1 aromatic carbocycles. The van der Waals surface area contributed by atoms with Gasteiger partial charge >= 0.3 is 0 Å². The van der Waals surface area contributed by atoms with E-state index < -0.39 is 0 Å². The third-order valence-electron chi connectivity index (χ3n) is 4.54. The van der Waals surface area contributed by atoms with Crippen molar-refractivity contribution in [3.05, 3.63) is 29.3 Å². The minimum atomic E-state index is 0.411. The highest BCUT2D eigenvalue weighted by Crippen LogP contribution is 2.41. The van der Waals surface area contributed by atoms with Gasteiger partial charge in [-0.25, -0.2) is 0 Å². The fraction of sp³-hybridized carbons (Fsp3) is 0.625. The quantitative estimate of drug-likeness (QED) is 0.818. The maximum Gasteiger partial charge on any atom is 0.115 e. The van der Waals surface area contributed by atoms with Gasteiger partial charge in [0.2, 0.25) is 0 Å². The Labute approximate surface area is 110 Å². The molecular formula is C16H23NO. The molecule has 98 valence electrons. The molecule has 0 aromatic heterocycles. The SMILES string of the molecule is CC1(C)CCCN(C2CCc3cc(O)ccc32)C1. The maximum atomic E-state index is 9.56. The summed E-state index contributed by atoms with van der Waals surface area (Å²) in [5.74, 6) is 0.411.